The molecule has 0 saturated heterocycles. The Morgan fingerprint density at radius 3 is 1.75 bits per heavy atom. The van der Waals surface area contributed by atoms with E-state index in [2.05, 4.69) is 32.6 Å². The van der Waals surface area contributed by atoms with E-state index in [-0.39, 0.29) is 5.82 Å². The van der Waals surface area contributed by atoms with Crippen LogP contribution in [0, 0.1) is 17.7 Å². The molecule has 0 aliphatic rings. The highest BCUT2D eigenvalue weighted by molar-refractivity contribution is 5.46. The summed E-state index contributed by atoms with van der Waals surface area (Å²) in [6.07, 6.45) is 4.95. The number of hydrogen-bond donors (Lipinski definition) is 0. The van der Waals surface area contributed by atoms with Gasteiger partial charge in [-0.1, -0.05) is 40.5 Å². The lowest BCUT2D eigenvalue weighted by molar-refractivity contribution is 0.463. The van der Waals surface area contributed by atoms with Crippen molar-refractivity contribution in [2.24, 2.45) is 11.8 Å². The van der Waals surface area contributed by atoms with Crippen LogP contribution >= 0.6 is 0 Å². The molecule has 1 aromatic rings. The lowest BCUT2D eigenvalue weighted by atomic mass is 10.0. The Morgan fingerprint density at radius 1 is 0.900 bits per heavy atom. The van der Waals surface area contributed by atoms with Gasteiger partial charge in [0.1, 0.15) is 5.82 Å². The van der Waals surface area contributed by atoms with Crippen LogP contribution in [0.1, 0.15) is 53.4 Å². The zero-order valence-corrected chi connectivity index (χ0v) is 13.5. The van der Waals surface area contributed by atoms with Crippen molar-refractivity contribution in [3.63, 3.8) is 0 Å². The molecule has 0 aliphatic carbocycles. The van der Waals surface area contributed by atoms with Crippen molar-refractivity contribution in [1.29, 1.82) is 0 Å². The summed E-state index contributed by atoms with van der Waals surface area (Å²) in [4.78, 5) is 2.43. The normalized spacial score (nSPS) is 14.1. The van der Waals surface area contributed by atoms with Gasteiger partial charge in [0.25, 0.3) is 0 Å². The molecule has 0 spiro atoms. The smallest absolute Gasteiger partial charge is 0.123 e. The average Bonchev–Trinajstić information content (AvgIpc) is 2.39. The van der Waals surface area contributed by atoms with Crippen LogP contribution in [0.5, 0.6) is 0 Å². The van der Waals surface area contributed by atoms with Gasteiger partial charge in [-0.15, -0.1) is 0 Å². The average molecular weight is 279 g/mol. The van der Waals surface area contributed by atoms with Crippen LogP contribution in [-0.4, -0.2) is 13.1 Å². The maximum absolute atomic E-state index is 13.1. The van der Waals surface area contributed by atoms with Crippen LogP contribution in [0.3, 0.4) is 0 Å². The number of rotatable bonds is 9. The van der Waals surface area contributed by atoms with E-state index >= 15 is 0 Å². The van der Waals surface area contributed by atoms with E-state index in [1.165, 1.54) is 25.7 Å². The van der Waals surface area contributed by atoms with E-state index < -0.39 is 0 Å². The van der Waals surface area contributed by atoms with Crippen LogP contribution in [0.4, 0.5) is 10.1 Å². The van der Waals surface area contributed by atoms with Crippen molar-refractivity contribution >= 4 is 5.69 Å². The monoisotopic (exact) mass is 279 g/mol. The first kappa shape index (κ1) is 17.0. The Labute approximate surface area is 124 Å². The van der Waals surface area contributed by atoms with Gasteiger partial charge >= 0.3 is 0 Å². The molecule has 0 heterocycles. The van der Waals surface area contributed by atoms with Crippen LogP contribution < -0.4 is 4.90 Å². The third-order valence-electron chi connectivity index (χ3n) is 3.82. The Balaban J connectivity index is 2.74. The summed E-state index contributed by atoms with van der Waals surface area (Å²) in [5.74, 6) is 1.20. The van der Waals surface area contributed by atoms with Gasteiger partial charge < -0.3 is 4.90 Å². The molecule has 0 N–H and O–H groups in total. The molecule has 2 atom stereocenters. The van der Waals surface area contributed by atoms with Crippen LogP contribution in [0.25, 0.3) is 0 Å². The fraction of sp³-hybridized carbons (Fsp3) is 0.667. The molecule has 0 saturated carbocycles. The standard InChI is InChI=1S/C18H30FN/c1-5-7-15(3)13-20(14-16(4)8-6-2)18-11-9-17(19)10-12-18/h9-12,15-16H,5-8,13-14H2,1-4H3. The predicted molar refractivity (Wildman–Crippen MR) is 86.8 cm³/mol. The molecule has 0 bridgehead atoms. The van der Waals surface area contributed by atoms with Crippen LogP contribution in [-0.2, 0) is 0 Å². The highest BCUT2D eigenvalue weighted by Crippen LogP contribution is 2.21. The molecule has 0 aromatic heterocycles. The summed E-state index contributed by atoms with van der Waals surface area (Å²) in [6, 6.07) is 6.95. The minimum absolute atomic E-state index is 0.156. The van der Waals surface area contributed by atoms with Crippen molar-refractivity contribution in [3.8, 4) is 0 Å². The molecule has 0 amide bonds. The minimum Gasteiger partial charge on any atom is -0.371 e. The number of anilines is 1. The summed E-state index contributed by atoms with van der Waals surface area (Å²) in [6.45, 7) is 11.2. The lowest BCUT2D eigenvalue weighted by Crippen LogP contribution is -2.32. The number of benzene rings is 1. The third kappa shape index (κ3) is 5.94. The Kier molecular flexibility index (Phi) is 7.64. The summed E-state index contributed by atoms with van der Waals surface area (Å²) in [5.41, 5.74) is 1.15. The van der Waals surface area contributed by atoms with E-state index in [1.54, 1.807) is 12.1 Å². The first-order valence-corrected chi connectivity index (χ1v) is 8.07. The molecule has 2 heteroatoms. The van der Waals surface area contributed by atoms with Gasteiger partial charge in [-0.3, -0.25) is 0 Å². The van der Waals surface area contributed by atoms with E-state index in [0.29, 0.717) is 11.8 Å². The molecule has 1 rings (SSSR count). The topological polar surface area (TPSA) is 3.24 Å². The fourth-order valence-corrected chi connectivity index (χ4v) is 2.86. The van der Waals surface area contributed by atoms with E-state index in [9.17, 15) is 4.39 Å². The van der Waals surface area contributed by atoms with Crippen molar-refractivity contribution < 1.29 is 4.39 Å². The molecule has 1 nitrogen and oxygen atoms in total. The highest BCUT2D eigenvalue weighted by atomic mass is 19.1. The van der Waals surface area contributed by atoms with Gasteiger partial charge in [0.15, 0.2) is 0 Å². The SMILES string of the molecule is CCCC(C)CN(CC(C)CCC)c1ccc(F)cc1. The first-order valence-electron chi connectivity index (χ1n) is 8.07. The van der Waals surface area contributed by atoms with Crippen molar-refractivity contribution in [2.45, 2.75) is 53.4 Å². The number of hydrogen-bond acceptors (Lipinski definition) is 1. The molecular formula is C18H30FN. The molecule has 20 heavy (non-hydrogen) atoms. The van der Waals surface area contributed by atoms with Gasteiger partial charge in [0, 0.05) is 18.8 Å². The second-order valence-electron chi connectivity index (χ2n) is 6.17. The number of halogens is 1. The van der Waals surface area contributed by atoms with Gasteiger partial charge in [0.05, 0.1) is 0 Å². The zero-order chi connectivity index (χ0) is 15.0. The first-order chi connectivity index (χ1) is 9.56. The fourth-order valence-electron chi connectivity index (χ4n) is 2.86. The summed E-state index contributed by atoms with van der Waals surface area (Å²) in [5, 5.41) is 0. The predicted octanol–water partition coefficient (Wildman–Crippen LogP) is 5.50. The van der Waals surface area contributed by atoms with E-state index in [0.717, 1.165) is 18.8 Å². The Morgan fingerprint density at radius 2 is 1.35 bits per heavy atom. The lowest BCUT2D eigenvalue weighted by Gasteiger charge is -2.30. The van der Waals surface area contributed by atoms with Gasteiger partial charge in [-0.25, -0.2) is 4.39 Å². The van der Waals surface area contributed by atoms with Gasteiger partial charge in [-0.05, 0) is 48.9 Å². The maximum Gasteiger partial charge on any atom is 0.123 e. The third-order valence-corrected chi connectivity index (χ3v) is 3.82. The second kappa shape index (κ2) is 8.99. The van der Waals surface area contributed by atoms with Crippen LogP contribution in [0.2, 0.25) is 0 Å². The Hall–Kier alpha value is -1.05. The van der Waals surface area contributed by atoms with Crippen molar-refractivity contribution in [3.05, 3.63) is 30.1 Å². The Bertz CT molecular complexity index is 346. The van der Waals surface area contributed by atoms with Crippen molar-refractivity contribution in [2.75, 3.05) is 18.0 Å². The molecular weight excluding hydrogens is 249 g/mol. The summed E-state index contributed by atoms with van der Waals surface area (Å²) >= 11 is 0. The van der Waals surface area contributed by atoms with Gasteiger partial charge in [0.2, 0.25) is 0 Å². The molecule has 2 unspecified atom stereocenters. The quantitative estimate of drug-likeness (QED) is 0.576. The maximum atomic E-state index is 13.1. The zero-order valence-electron chi connectivity index (χ0n) is 13.5. The summed E-state index contributed by atoms with van der Waals surface area (Å²) < 4.78 is 13.1. The molecule has 0 fully saturated rings. The molecule has 114 valence electrons. The molecule has 0 aliphatic heterocycles. The van der Waals surface area contributed by atoms with Crippen LogP contribution in [0.15, 0.2) is 24.3 Å². The minimum atomic E-state index is -0.156. The van der Waals surface area contributed by atoms with E-state index in [4.69, 9.17) is 0 Å². The number of nitrogens with zero attached hydrogens (tertiary/aromatic N) is 1. The van der Waals surface area contributed by atoms with Gasteiger partial charge in [-0.2, -0.15) is 0 Å². The highest BCUT2D eigenvalue weighted by Gasteiger charge is 2.14. The second-order valence-corrected chi connectivity index (χ2v) is 6.17. The summed E-state index contributed by atoms with van der Waals surface area (Å²) in [7, 11) is 0. The molecule has 1 aromatic carbocycles. The van der Waals surface area contributed by atoms with Crippen molar-refractivity contribution in [1.82, 2.24) is 0 Å². The molecule has 0 radical (unpaired) electrons. The van der Waals surface area contributed by atoms with E-state index in [1.807, 2.05) is 12.1 Å². The largest absolute Gasteiger partial charge is 0.371 e.